The molecule has 0 bridgehead atoms. The Labute approximate surface area is 83.4 Å². The maximum atomic E-state index is 11.5. The summed E-state index contributed by atoms with van der Waals surface area (Å²) < 4.78 is 5.17. The molecule has 0 saturated heterocycles. The first kappa shape index (κ1) is 10.5. The normalized spacial score (nSPS) is 15.5. The van der Waals surface area contributed by atoms with Crippen LogP contribution in [0.3, 0.4) is 0 Å². The molecule has 76 valence electrons. The van der Waals surface area contributed by atoms with Crippen molar-refractivity contribution < 1.29 is 9.53 Å². The lowest BCUT2D eigenvalue weighted by atomic mass is 10.2. The zero-order valence-corrected chi connectivity index (χ0v) is 8.57. The van der Waals surface area contributed by atoms with Crippen molar-refractivity contribution in [2.24, 2.45) is 4.99 Å². The van der Waals surface area contributed by atoms with E-state index in [-0.39, 0.29) is 5.97 Å². The molecular weight excluding hydrogens is 180 g/mol. The number of rotatable bonds is 1. The van der Waals surface area contributed by atoms with E-state index >= 15 is 0 Å². The highest BCUT2D eigenvalue weighted by molar-refractivity contribution is 5.91. The van der Waals surface area contributed by atoms with Gasteiger partial charge < -0.3 is 10.1 Å². The van der Waals surface area contributed by atoms with Gasteiger partial charge in [-0.15, -0.1) is 0 Å². The standard InChI is InChI=1S/C10H14N2O2/c1-10(2,3)14-9(13)8-5-4-6-11-7-12-8/h4-7H,1-3H3,(H,11,12). The molecule has 1 N–H and O–H groups in total. The average molecular weight is 194 g/mol. The summed E-state index contributed by atoms with van der Waals surface area (Å²) in [7, 11) is 0. The van der Waals surface area contributed by atoms with Crippen LogP contribution in [0.4, 0.5) is 0 Å². The van der Waals surface area contributed by atoms with E-state index in [2.05, 4.69) is 10.3 Å². The third-order valence-corrected chi connectivity index (χ3v) is 1.35. The van der Waals surface area contributed by atoms with Crippen LogP contribution in [0.25, 0.3) is 0 Å². The van der Waals surface area contributed by atoms with Gasteiger partial charge in [0.1, 0.15) is 11.3 Å². The van der Waals surface area contributed by atoms with E-state index in [4.69, 9.17) is 4.74 Å². The Kier molecular flexibility index (Phi) is 3.06. The Balaban J connectivity index is 2.66. The van der Waals surface area contributed by atoms with Gasteiger partial charge in [-0.2, -0.15) is 0 Å². The molecule has 1 aliphatic heterocycles. The molecule has 0 aromatic rings. The molecule has 0 aromatic carbocycles. The summed E-state index contributed by atoms with van der Waals surface area (Å²) in [5, 5.41) is 2.74. The second-order valence-corrected chi connectivity index (χ2v) is 3.85. The zero-order chi connectivity index (χ0) is 10.6. The molecule has 0 radical (unpaired) electrons. The molecule has 0 amide bonds. The SMILES string of the molecule is CC(C)(C)OC(=O)C1=CC=CN=CN1. The van der Waals surface area contributed by atoms with Gasteiger partial charge in [0.15, 0.2) is 0 Å². The molecule has 1 rings (SSSR count). The Bertz CT molecular complexity index is 309. The maximum absolute atomic E-state index is 11.5. The van der Waals surface area contributed by atoms with Crippen molar-refractivity contribution in [2.45, 2.75) is 26.4 Å². The molecule has 0 aromatic heterocycles. The minimum Gasteiger partial charge on any atom is -0.455 e. The van der Waals surface area contributed by atoms with Crippen molar-refractivity contribution in [3.8, 4) is 0 Å². The van der Waals surface area contributed by atoms with Crippen LogP contribution in [0.5, 0.6) is 0 Å². The van der Waals surface area contributed by atoms with Gasteiger partial charge in [0, 0.05) is 6.20 Å². The average Bonchev–Trinajstić information content (AvgIpc) is 2.27. The molecule has 1 aliphatic rings. The summed E-state index contributed by atoms with van der Waals surface area (Å²) in [5.41, 5.74) is -0.0929. The summed E-state index contributed by atoms with van der Waals surface area (Å²) in [5.74, 6) is -0.379. The van der Waals surface area contributed by atoms with Crippen LogP contribution in [-0.2, 0) is 9.53 Å². The van der Waals surface area contributed by atoms with Gasteiger partial charge in [-0.3, -0.25) is 0 Å². The third-order valence-electron chi connectivity index (χ3n) is 1.35. The fourth-order valence-corrected chi connectivity index (χ4v) is 0.847. The van der Waals surface area contributed by atoms with E-state index < -0.39 is 5.60 Å². The minimum atomic E-state index is -0.479. The Morgan fingerprint density at radius 3 is 2.86 bits per heavy atom. The Morgan fingerprint density at radius 1 is 1.50 bits per heavy atom. The van der Waals surface area contributed by atoms with Gasteiger partial charge in [-0.05, 0) is 32.9 Å². The topological polar surface area (TPSA) is 50.7 Å². The number of carbonyl (C=O) groups excluding carboxylic acids is 1. The zero-order valence-electron chi connectivity index (χ0n) is 8.57. The maximum Gasteiger partial charge on any atom is 0.355 e. The van der Waals surface area contributed by atoms with Gasteiger partial charge in [0.2, 0.25) is 0 Å². The molecule has 1 heterocycles. The number of esters is 1. The summed E-state index contributed by atoms with van der Waals surface area (Å²) in [6, 6.07) is 0. The summed E-state index contributed by atoms with van der Waals surface area (Å²) >= 11 is 0. The number of hydrogen-bond acceptors (Lipinski definition) is 4. The van der Waals surface area contributed by atoms with Crippen LogP contribution in [-0.4, -0.2) is 17.9 Å². The number of nitrogens with zero attached hydrogens (tertiary/aromatic N) is 1. The lowest BCUT2D eigenvalue weighted by Crippen LogP contribution is -2.29. The Hall–Kier alpha value is -1.58. The first-order valence-electron chi connectivity index (χ1n) is 4.37. The van der Waals surface area contributed by atoms with E-state index in [1.54, 1.807) is 18.4 Å². The fraction of sp³-hybridized carbons (Fsp3) is 0.400. The van der Waals surface area contributed by atoms with Gasteiger partial charge in [0.05, 0.1) is 6.34 Å². The second-order valence-electron chi connectivity index (χ2n) is 3.85. The van der Waals surface area contributed by atoms with Crippen LogP contribution < -0.4 is 5.32 Å². The molecule has 0 atom stereocenters. The smallest absolute Gasteiger partial charge is 0.355 e. The summed E-state index contributed by atoms with van der Waals surface area (Å²) in [6.07, 6.45) is 6.33. The molecular formula is C10H14N2O2. The molecule has 0 fully saturated rings. The highest BCUT2D eigenvalue weighted by Gasteiger charge is 2.19. The predicted molar refractivity (Wildman–Crippen MR) is 54.7 cm³/mol. The van der Waals surface area contributed by atoms with Gasteiger partial charge in [-0.25, -0.2) is 9.79 Å². The van der Waals surface area contributed by atoms with Crippen molar-refractivity contribution in [3.63, 3.8) is 0 Å². The Morgan fingerprint density at radius 2 is 2.21 bits per heavy atom. The summed E-state index contributed by atoms with van der Waals surface area (Å²) in [6.45, 7) is 5.48. The first-order valence-corrected chi connectivity index (χ1v) is 4.37. The number of hydrogen-bond donors (Lipinski definition) is 1. The number of carbonyl (C=O) groups is 1. The van der Waals surface area contributed by atoms with Crippen LogP contribution in [0, 0.1) is 0 Å². The largest absolute Gasteiger partial charge is 0.455 e. The molecule has 0 unspecified atom stereocenters. The highest BCUT2D eigenvalue weighted by atomic mass is 16.6. The number of aliphatic imine (C=N–C) groups is 1. The number of ether oxygens (including phenoxy) is 1. The van der Waals surface area contributed by atoms with Crippen LogP contribution >= 0.6 is 0 Å². The minimum absolute atomic E-state index is 0.379. The second kappa shape index (κ2) is 4.09. The van der Waals surface area contributed by atoms with E-state index in [1.165, 1.54) is 6.34 Å². The molecule has 4 heteroatoms. The summed E-state index contributed by atoms with van der Waals surface area (Å²) in [4.78, 5) is 15.3. The highest BCUT2D eigenvalue weighted by Crippen LogP contribution is 2.09. The molecule has 0 saturated carbocycles. The first-order chi connectivity index (χ1) is 6.49. The van der Waals surface area contributed by atoms with Crippen molar-refractivity contribution in [1.29, 1.82) is 0 Å². The van der Waals surface area contributed by atoms with Crippen molar-refractivity contribution in [3.05, 3.63) is 24.0 Å². The third kappa shape index (κ3) is 3.43. The van der Waals surface area contributed by atoms with Crippen molar-refractivity contribution in [1.82, 2.24) is 5.32 Å². The van der Waals surface area contributed by atoms with Crippen LogP contribution in [0.1, 0.15) is 20.8 Å². The fourth-order valence-electron chi connectivity index (χ4n) is 0.847. The quantitative estimate of drug-likeness (QED) is 0.641. The van der Waals surface area contributed by atoms with Crippen LogP contribution in [0.2, 0.25) is 0 Å². The van der Waals surface area contributed by atoms with Gasteiger partial charge in [-0.1, -0.05) is 0 Å². The van der Waals surface area contributed by atoms with Crippen LogP contribution in [0.15, 0.2) is 29.0 Å². The van der Waals surface area contributed by atoms with E-state index in [9.17, 15) is 4.79 Å². The van der Waals surface area contributed by atoms with Crippen molar-refractivity contribution in [2.75, 3.05) is 0 Å². The molecule has 4 nitrogen and oxygen atoms in total. The predicted octanol–water partition coefficient (Wildman–Crippen LogP) is 1.36. The van der Waals surface area contributed by atoms with Gasteiger partial charge >= 0.3 is 5.97 Å². The molecule has 0 aliphatic carbocycles. The van der Waals surface area contributed by atoms with Crippen molar-refractivity contribution >= 4 is 12.3 Å². The lowest BCUT2D eigenvalue weighted by Gasteiger charge is -2.20. The number of nitrogens with one attached hydrogen (secondary N) is 1. The van der Waals surface area contributed by atoms with E-state index in [0.29, 0.717) is 5.70 Å². The number of allylic oxidation sites excluding steroid dienone is 2. The monoisotopic (exact) mass is 194 g/mol. The van der Waals surface area contributed by atoms with E-state index in [0.717, 1.165) is 0 Å². The van der Waals surface area contributed by atoms with E-state index in [1.807, 2.05) is 20.8 Å². The molecule has 0 spiro atoms. The van der Waals surface area contributed by atoms with Gasteiger partial charge in [0.25, 0.3) is 0 Å². The molecule has 14 heavy (non-hydrogen) atoms. The lowest BCUT2D eigenvalue weighted by molar-refractivity contribution is -0.150.